The van der Waals surface area contributed by atoms with Gasteiger partial charge in [0.25, 0.3) is 5.89 Å². The van der Waals surface area contributed by atoms with Gasteiger partial charge in [-0.1, -0.05) is 5.16 Å². The Morgan fingerprint density at radius 3 is 2.59 bits per heavy atom. The number of likely N-dealkylation sites (tertiary alicyclic amines) is 1. The lowest BCUT2D eigenvalue weighted by atomic mass is 10.1. The Bertz CT molecular complexity index is 1050. The zero-order chi connectivity index (χ0) is 24.9. The molecule has 1 unspecified atom stereocenters. The van der Waals surface area contributed by atoms with Gasteiger partial charge in [-0.25, -0.2) is 9.18 Å². The second-order valence-electron chi connectivity index (χ2n) is 8.70. The van der Waals surface area contributed by atoms with Crippen LogP contribution in [-0.2, 0) is 36.4 Å². The molecule has 1 aromatic carbocycles. The molecule has 0 N–H and O–H groups in total. The lowest BCUT2D eigenvalue weighted by molar-refractivity contribution is -0.137. The quantitative estimate of drug-likeness (QED) is 0.531. The van der Waals surface area contributed by atoms with Crippen LogP contribution in [-0.4, -0.2) is 69.0 Å². The molecule has 0 aliphatic carbocycles. The van der Waals surface area contributed by atoms with Crippen molar-refractivity contribution in [1.29, 1.82) is 0 Å². The van der Waals surface area contributed by atoms with E-state index < -0.39 is 33.9 Å². The maximum Gasteiger partial charge on any atom is 0.410 e. The first-order valence-corrected chi connectivity index (χ1v) is 12.0. The van der Waals surface area contributed by atoms with E-state index in [0.29, 0.717) is 31.5 Å². The highest BCUT2D eigenvalue weighted by atomic mass is 32.2. The minimum atomic E-state index is -1.87. The first kappa shape index (κ1) is 25.8. The van der Waals surface area contributed by atoms with Crippen LogP contribution in [0.4, 0.5) is 9.18 Å². The van der Waals surface area contributed by atoms with Crippen molar-refractivity contribution in [3.05, 3.63) is 29.9 Å². The Labute approximate surface area is 199 Å². The van der Waals surface area contributed by atoms with Gasteiger partial charge in [0, 0.05) is 18.7 Å². The van der Waals surface area contributed by atoms with Gasteiger partial charge in [0.15, 0.2) is 0 Å². The summed E-state index contributed by atoms with van der Waals surface area (Å²) in [6.07, 6.45) is 0.890. The monoisotopic (exact) mass is 497 g/mol. The number of amides is 1. The lowest BCUT2D eigenvalue weighted by Crippen LogP contribution is -2.43. The van der Waals surface area contributed by atoms with Crippen LogP contribution in [0.5, 0.6) is 0 Å². The minimum Gasteiger partial charge on any atom is -0.468 e. The summed E-state index contributed by atoms with van der Waals surface area (Å²) in [6, 6.07) is 3.94. The van der Waals surface area contributed by atoms with Gasteiger partial charge in [0.2, 0.25) is 5.82 Å². The van der Waals surface area contributed by atoms with Gasteiger partial charge in [0.1, 0.15) is 23.8 Å². The highest BCUT2D eigenvalue weighted by molar-refractivity contribution is 7.85. The molecule has 12 heteroatoms. The molecule has 10 nitrogen and oxygen atoms in total. The molecule has 1 atom stereocenters. The molecule has 1 amide bonds. The molecule has 34 heavy (non-hydrogen) atoms. The number of nitrogens with zero attached hydrogens (tertiary/aromatic N) is 3. The number of benzene rings is 1. The molecular formula is C22H28FN3O7S. The van der Waals surface area contributed by atoms with E-state index >= 15 is 0 Å². The van der Waals surface area contributed by atoms with Gasteiger partial charge in [-0.2, -0.15) is 4.98 Å². The van der Waals surface area contributed by atoms with Crippen LogP contribution in [0.25, 0.3) is 11.4 Å². The van der Waals surface area contributed by atoms with Crippen molar-refractivity contribution in [2.45, 2.75) is 56.8 Å². The van der Waals surface area contributed by atoms with E-state index in [-0.39, 0.29) is 35.4 Å². The smallest absolute Gasteiger partial charge is 0.410 e. The lowest BCUT2D eigenvalue weighted by Gasteiger charge is -2.33. The van der Waals surface area contributed by atoms with Gasteiger partial charge >= 0.3 is 12.1 Å². The number of hydrogen-bond acceptors (Lipinski definition) is 9. The number of esters is 1. The molecule has 1 aliphatic heterocycles. The van der Waals surface area contributed by atoms with Crippen LogP contribution in [0.1, 0.15) is 39.5 Å². The maximum atomic E-state index is 14.4. The topological polar surface area (TPSA) is 121 Å². The van der Waals surface area contributed by atoms with Crippen molar-refractivity contribution < 1.29 is 36.9 Å². The Morgan fingerprint density at radius 1 is 1.26 bits per heavy atom. The van der Waals surface area contributed by atoms with Crippen molar-refractivity contribution in [2.75, 3.05) is 26.0 Å². The molecule has 0 spiro atoms. The van der Waals surface area contributed by atoms with Crippen LogP contribution >= 0.6 is 0 Å². The van der Waals surface area contributed by atoms with E-state index in [1.165, 1.54) is 19.2 Å². The molecule has 1 fully saturated rings. The summed E-state index contributed by atoms with van der Waals surface area (Å²) in [7, 11) is -0.697. The standard InChI is InChI=1S/C22H28FN3O7S/c1-22(2,3)32-21(28)26-9-7-15(8-10-26)31-12-18-24-20(25-33-18)14-5-6-17(16(23)11-14)34(29)13-19(27)30-4/h5-6,11,15H,7-10,12-13H2,1-4H3. The Morgan fingerprint density at radius 2 is 1.97 bits per heavy atom. The first-order valence-electron chi connectivity index (χ1n) is 10.7. The molecule has 1 aromatic heterocycles. The molecule has 1 saturated heterocycles. The molecule has 2 aromatic rings. The van der Waals surface area contributed by atoms with Crippen molar-refractivity contribution in [2.24, 2.45) is 0 Å². The van der Waals surface area contributed by atoms with Gasteiger partial charge in [-0.05, 0) is 51.8 Å². The molecule has 3 rings (SSSR count). The van der Waals surface area contributed by atoms with Gasteiger partial charge in [-0.3, -0.25) is 9.00 Å². The fourth-order valence-corrected chi connectivity index (χ4v) is 4.20. The second kappa shape index (κ2) is 11.0. The Kier molecular flexibility index (Phi) is 8.37. The predicted octanol–water partition coefficient (Wildman–Crippen LogP) is 3.07. The number of carbonyl (C=O) groups is 2. The zero-order valence-electron chi connectivity index (χ0n) is 19.5. The van der Waals surface area contributed by atoms with Crippen LogP contribution in [0.2, 0.25) is 0 Å². The van der Waals surface area contributed by atoms with Crippen molar-refractivity contribution in [3.8, 4) is 11.4 Å². The van der Waals surface area contributed by atoms with Crippen molar-refractivity contribution in [1.82, 2.24) is 15.0 Å². The summed E-state index contributed by atoms with van der Waals surface area (Å²) < 4.78 is 47.4. The van der Waals surface area contributed by atoms with E-state index in [1.54, 1.807) is 4.90 Å². The number of piperidine rings is 1. The number of carbonyl (C=O) groups excluding carboxylic acids is 2. The van der Waals surface area contributed by atoms with Gasteiger partial charge in [0.05, 0.1) is 28.9 Å². The summed E-state index contributed by atoms with van der Waals surface area (Å²) in [5.41, 5.74) is -0.208. The minimum absolute atomic E-state index is 0.0736. The fraction of sp³-hybridized carbons (Fsp3) is 0.545. The van der Waals surface area contributed by atoms with E-state index in [2.05, 4.69) is 14.9 Å². The number of aromatic nitrogens is 2. The highest BCUT2D eigenvalue weighted by Gasteiger charge is 2.27. The van der Waals surface area contributed by atoms with Crippen LogP contribution in [0.3, 0.4) is 0 Å². The third-order valence-corrected chi connectivity index (χ3v) is 6.24. The largest absolute Gasteiger partial charge is 0.468 e. The Balaban J connectivity index is 1.52. The predicted molar refractivity (Wildman–Crippen MR) is 119 cm³/mol. The number of halogens is 1. The van der Waals surface area contributed by atoms with Crippen LogP contribution in [0, 0.1) is 5.82 Å². The SMILES string of the molecule is COC(=O)CS(=O)c1ccc(-c2noc(COC3CCN(C(=O)OC(C)(C)C)CC3)n2)cc1F. The maximum absolute atomic E-state index is 14.4. The number of ether oxygens (including phenoxy) is 3. The average Bonchev–Trinajstić information content (AvgIpc) is 3.25. The number of rotatable bonds is 7. The summed E-state index contributed by atoms with van der Waals surface area (Å²) >= 11 is 0. The molecule has 0 radical (unpaired) electrons. The first-order chi connectivity index (χ1) is 16.1. The molecule has 186 valence electrons. The Hall–Kier alpha value is -2.86. The van der Waals surface area contributed by atoms with Crippen molar-refractivity contribution >= 4 is 22.9 Å². The van der Waals surface area contributed by atoms with E-state index in [1.807, 2.05) is 20.8 Å². The second-order valence-corrected chi connectivity index (χ2v) is 10.1. The summed E-state index contributed by atoms with van der Waals surface area (Å²) in [5, 5.41) is 3.84. The fourth-order valence-electron chi connectivity index (χ4n) is 3.22. The van der Waals surface area contributed by atoms with Crippen LogP contribution in [0.15, 0.2) is 27.6 Å². The molecule has 2 heterocycles. The van der Waals surface area contributed by atoms with E-state index in [9.17, 15) is 18.2 Å². The zero-order valence-corrected chi connectivity index (χ0v) is 20.4. The van der Waals surface area contributed by atoms with Crippen molar-refractivity contribution in [3.63, 3.8) is 0 Å². The average molecular weight is 498 g/mol. The van der Waals surface area contributed by atoms with Gasteiger partial charge < -0.3 is 23.6 Å². The molecule has 0 bridgehead atoms. The summed E-state index contributed by atoms with van der Waals surface area (Å²) in [5.74, 6) is -1.50. The highest BCUT2D eigenvalue weighted by Crippen LogP contribution is 2.23. The van der Waals surface area contributed by atoms with E-state index in [4.69, 9.17) is 14.0 Å². The third-order valence-electron chi connectivity index (χ3n) is 4.92. The van der Waals surface area contributed by atoms with E-state index in [0.717, 1.165) is 6.07 Å². The summed E-state index contributed by atoms with van der Waals surface area (Å²) in [6.45, 7) is 6.61. The normalized spacial score (nSPS) is 15.7. The summed E-state index contributed by atoms with van der Waals surface area (Å²) in [4.78, 5) is 29.2. The molecule has 1 aliphatic rings. The number of hydrogen-bond donors (Lipinski definition) is 0. The third kappa shape index (κ3) is 7.07. The molecular weight excluding hydrogens is 469 g/mol. The van der Waals surface area contributed by atoms with Gasteiger partial charge in [-0.15, -0.1) is 0 Å². The van der Waals surface area contributed by atoms with Crippen LogP contribution < -0.4 is 0 Å². The number of methoxy groups -OCH3 is 1. The molecule has 0 saturated carbocycles.